The molecule has 0 saturated heterocycles. The van der Waals surface area contributed by atoms with Gasteiger partial charge in [0.15, 0.2) is 0 Å². The number of halogens is 1. The van der Waals surface area contributed by atoms with E-state index in [9.17, 15) is 4.39 Å². The third kappa shape index (κ3) is 3.23. The summed E-state index contributed by atoms with van der Waals surface area (Å²) in [6.45, 7) is 3.96. The molecule has 0 aliphatic heterocycles. The fourth-order valence-corrected chi connectivity index (χ4v) is 1.61. The molecule has 2 aromatic carbocycles. The Labute approximate surface area is 106 Å². The molecule has 0 fully saturated rings. The van der Waals surface area contributed by atoms with Gasteiger partial charge in [0.2, 0.25) is 0 Å². The first-order chi connectivity index (χ1) is 8.65. The maximum absolute atomic E-state index is 13.4. The predicted octanol–water partition coefficient (Wildman–Crippen LogP) is 4.36. The minimum atomic E-state index is -0.264. The van der Waals surface area contributed by atoms with E-state index in [0.717, 1.165) is 11.4 Å². The number of anilines is 2. The van der Waals surface area contributed by atoms with E-state index in [1.807, 2.05) is 38.1 Å². The third-order valence-corrected chi connectivity index (χ3v) is 2.38. The molecule has 0 heterocycles. The Bertz CT molecular complexity index is 508. The van der Waals surface area contributed by atoms with Gasteiger partial charge >= 0.3 is 0 Å². The Balaban J connectivity index is 2.09. The van der Waals surface area contributed by atoms with Crippen molar-refractivity contribution in [3.8, 4) is 5.75 Å². The van der Waals surface area contributed by atoms with Gasteiger partial charge in [-0.2, -0.15) is 0 Å². The molecule has 2 aromatic rings. The molecule has 0 atom stereocenters. The summed E-state index contributed by atoms with van der Waals surface area (Å²) in [5.41, 5.74) is 1.30. The van der Waals surface area contributed by atoms with Crippen LogP contribution in [0.5, 0.6) is 5.75 Å². The van der Waals surface area contributed by atoms with Crippen molar-refractivity contribution < 1.29 is 9.13 Å². The Hall–Kier alpha value is -2.03. The molecule has 0 aliphatic carbocycles. The number of hydrogen-bond donors (Lipinski definition) is 1. The maximum Gasteiger partial charge on any atom is 0.146 e. The molecule has 94 valence electrons. The van der Waals surface area contributed by atoms with Gasteiger partial charge in [-0.25, -0.2) is 4.39 Å². The molecule has 2 rings (SSSR count). The van der Waals surface area contributed by atoms with E-state index in [4.69, 9.17) is 4.74 Å². The number of nitrogens with one attached hydrogen (secondary N) is 1. The van der Waals surface area contributed by atoms with Crippen LogP contribution >= 0.6 is 0 Å². The van der Waals surface area contributed by atoms with E-state index in [-0.39, 0.29) is 11.9 Å². The lowest BCUT2D eigenvalue weighted by molar-refractivity contribution is 0.242. The minimum Gasteiger partial charge on any atom is -0.491 e. The van der Waals surface area contributed by atoms with Crippen LogP contribution in [0.3, 0.4) is 0 Å². The van der Waals surface area contributed by atoms with Gasteiger partial charge in [0.1, 0.15) is 11.6 Å². The van der Waals surface area contributed by atoms with Crippen LogP contribution in [-0.4, -0.2) is 6.10 Å². The van der Waals surface area contributed by atoms with Crippen molar-refractivity contribution in [1.82, 2.24) is 0 Å². The zero-order chi connectivity index (χ0) is 13.0. The van der Waals surface area contributed by atoms with E-state index in [0.29, 0.717) is 5.69 Å². The Morgan fingerprint density at radius 2 is 1.67 bits per heavy atom. The average molecular weight is 245 g/mol. The zero-order valence-electron chi connectivity index (χ0n) is 10.5. The first-order valence-electron chi connectivity index (χ1n) is 5.93. The van der Waals surface area contributed by atoms with Crippen molar-refractivity contribution in [2.75, 3.05) is 5.32 Å². The lowest BCUT2D eigenvalue weighted by atomic mass is 10.2. The topological polar surface area (TPSA) is 21.3 Å². The van der Waals surface area contributed by atoms with E-state index >= 15 is 0 Å². The summed E-state index contributed by atoms with van der Waals surface area (Å²) in [6, 6.07) is 14.1. The Morgan fingerprint density at radius 3 is 2.28 bits per heavy atom. The normalized spacial score (nSPS) is 10.4. The van der Waals surface area contributed by atoms with Crippen LogP contribution < -0.4 is 10.1 Å². The highest BCUT2D eigenvalue weighted by Crippen LogP contribution is 2.22. The zero-order valence-corrected chi connectivity index (χ0v) is 10.5. The van der Waals surface area contributed by atoms with E-state index in [1.54, 1.807) is 18.2 Å². The molecule has 18 heavy (non-hydrogen) atoms. The standard InChI is InChI=1S/C15H16FNO/c1-11(2)18-13-9-7-12(8-10-13)17-15-6-4-3-5-14(15)16/h3-11,17H,1-2H3. The van der Waals surface area contributed by atoms with Crippen LogP contribution in [0.25, 0.3) is 0 Å². The molecular formula is C15H16FNO. The molecule has 0 radical (unpaired) electrons. The van der Waals surface area contributed by atoms with Gasteiger partial charge in [0.05, 0.1) is 11.8 Å². The lowest BCUT2D eigenvalue weighted by Crippen LogP contribution is -2.05. The molecule has 0 aliphatic rings. The first-order valence-corrected chi connectivity index (χ1v) is 5.93. The van der Waals surface area contributed by atoms with Crippen LogP contribution in [0.1, 0.15) is 13.8 Å². The highest BCUT2D eigenvalue weighted by molar-refractivity contribution is 5.60. The molecule has 0 aromatic heterocycles. The summed E-state index contributed by atoms with van der Waals surface area (Å²) in [5.74, 6) is 0.545. The van der Waals surface area contributed by atoms with E-state index in [1.165, 1.54) is 6.07 Å². The highest BCUT2D eigenvalue weighted by atomic mass is 19.1. The summed E-state index contributed by atoms with van der Waals surface area (Å²) in [7, 11) is 0. The molecule has 0 bridgehead atoms. The molecule has 0 spiro atoms. The van der Waals surface area contributed by atoms with E-state index in [2.05, 4.69) is 5.32 Å². The lowest BCUT2D eigenvalue weighted by Gasteiger charge is -2.11. The summed E-state index contributed by atoms with van der Waals surface area (Å²) in [5, 5.41) is 3.02. The quantitative estimate of drug-likeness (QED) is 0.864. The van der Waals surface area contributed by atoms with Gasteiger partial charge in [0, 0.05) is 5.69 Å². The van der Waals surface area contributed by atoms with Crippen LogP contribution in [-0.2, 0) is 0 Å². The fourth-order valence-electron chi connectivity index (χ4n) is 1.61. The minimum absolute atomic E-state index is 0.148. The molecule has 1 N–H and O–H groups in total. The summed E-state index contributed by atoms with van der Waals surface area (Å²) in [6.07, 6.45) is 0.148. The number of para-hydroxylation sites is 1. The monoisotopic (exact) mass is 245 g/mol. The van der Waals surface area contributed by atoms with Gasteiger partial charge in [-0.15, -0.1) is 0 Å². The average Bonchev–Trinajstić information content (AvgIpc) is 2.34. The number of hydrogen-bond acceptors (Lipinski definition) is 2. The molecular weight excluding hydrogens is 229 g/mol. The van der Waals surface area contributed by atoms with Crippen molar-refractivity contribution in [3.05, 3.63) is 54.3 Å². The fraction of sp³-hybridized carbons (Fsp3) is 0.200. The van der Waals surface area contributed by atoms with Crippen molar-refractivity contribution in [2.24, 2.45) is 0 Å². The van der Waals surface area contributed by atoms with Crippen molar-refractivity contribution in [1.29, 1.82) is 0 Å². The SMILES string of the molecule is CC(C)Oc1ccc(Nc2ccccc2F)cc1. The van der Waals surface area contributed by atoms with Gasteiger partial charge in [0.25, 0.3) is 0 Å². The second-order valence-electron chi connectivity index (χ2n) is 4.30. The van der Waals surface area contributed by atoms with Crippen molar-refractivity contribution in [2.45, 2.75) is 20.0 Å². The summed E-state index contributed by atoms with van der Waals surface area (Å²) < 4.78 is 19.0. The predicted molar refractivity (Wildman–Crippen MR) is 71.9 cm³/mol. The van der Waals surface area contributed by atoms with Gasteiger partial charge in [-0.1, -0.05) is 12.1 Å². The maximum atomic E-state index is 13.4. The number of rotatable bonds is 4. The van der Waals surface area contributed by atoms with Crippen molar-refractivity contribution in [3.63, 3.8) is 0 Å². The third-order valence-electron chi connectivity index (χ3n) is 2.38. The van der Waals surface area contributed by atoms with Gasteiger partial charge < -0.3 is 10.1 Å². The Morgan fingerprint density at radius 1 is 1.00 bits per heavy atom. The van der Waals surface area contributed by atoms with Crippen LogP contribution in [0.15, 0.2) is 48.5 Å². The molecule has 0 amide bonds. The van der Waals surface area contributed by atoms with Gasteiger partial charge in [-0.3, -0.25) is 0 Å². The second kappa shape index (κ2) is 5.54. The highest BCUT2D eigenvalue weighted by Gasteiger charge is 2.01. The van der Waals surface area contributed by atoms with Crippen LogP contribution in [0.2, 0.25) is 0 Å². The molecule has 0 unspecified atom stereocenters. The van der Waals surface area contributed by atoms with E-state index < -0.39 is 0 Å². The molecule has 2 nitrogen and oxygen atoms in total. The van der Waals surface area contributed by atoms with Gasteiger partial charge in [-0.05, 0) is 50.2 Å². The molecule has 0 saturated carbocycles. The number of ether oxygens (including phenoxy) is 1. The first kappa shape index (κ1) is 12.4. The summed E-state index contributed by atoms with van der Waals surface area (Å²) >= 11 is 0. The smallest absolute Gasteiger partial charge is 0.146 e. The largest absolute Gasteiger partial charge is 0.491 e. The number of benzene rings is 2. The second-order valence-corrected chi connectivity index (χ2v) is 4.30. The Kier molecular flexibility index (Phi) is 3.82. The van der Waals surface area contributed by atoms with Crippen LogP contribution in [0.4, 0.5) is 15.8 Å². The molecule has 3 heteroatoms. The van der Waals surface area contributed by atoms with Crippen LogP contribution in [0, 0.1) is 5.82 Å². The van der Waals surface area contributed by atoms with Crippen molar-refractivity contribution >= 4 is 11.4 Å². The summed E-state index contributed by atoms with van der Waals surface area (Å²) in [4.78, 5) is 0.